The Bertz CT molecular complexity index is 455. The predicted molar refractivity (Wildman–Crippen MR) is 53.4 cm³/mol. The molecule has 2 aromatic rings. The molecule has 7 heteroatoms. The highest BCUT2D eigenvalue weighted by Gasteiger charge is 2.11. The van der Waals surface area contributed by atoms with Crippen LogP contribution in [0.1, 0.15) is 11.5 Å². The molecule has 0 radical (unpaired) electrons. The van der Waals surface area contributed by atoms with Crippen molar-refractivity contribution in [3.8, 4) is 5.69 Å². The lowest BCUT2D eigenvalue weighted by Gasteiger charge is -2.01. The quantitative estimate of drug-likeness (QED) is 0.729. The molecule has 2 rings (SSSR count). The molecule has 0 aliphatic heterocycles. The molecule has 0 saturated heterocycles. The van der Waals surface area contributed by atoms with E-state index in [-0.39, 0.29) is 0 Å². The molecule has 0 spiro atoms. The zero-order valence-corrected chi connectivity index (χ0v) is 8.97. The topological polar surface area (TPSA) is 73.5 Å². The van der Waals surface area contributed by atoms with Gasteiger partial charge in [-0.15, -0.1) is 5.10 Å². The van der Waals surface area contributed by atoms with Crippen molar-refractivity contribution in [3.05, 3.63) is 17.7 Å². The highest BCUT2D eigenvalue weighted by Crippen LogP contribution is 2.11. The molecule has 0 aliphatic carbocycles. The van der Waals surface area contributed by atoms with Crippen LogP contribution >= 0.6 is 0 Å². The Balaban J connectivity index is 2.44. The smallest absolute Gasteiger partial charge is 0.170 e. The van der Waals surface area contributed by atoms with Crippen LogP contribution in [0.25, 0.3) is 5.69 Å². The van der Waals surface area contributed by atoms with E-state index in [4.69, 9.17) is 0 Å². The first kappa shape index (κ1) is 9.78. The summed E-state index contributed by atoms with van der Waals surface area (Å²) in [6, 6.07) is 0. The zero-order chi connectivity index (χ0) is 10.8. The molecular formula is C8H13N7. The highest BCUT2D eigenvalue weighted by atomic mass is 15.6. The number of rotatable bonds is 3. The van der Waals surface area contributed by atoms with Crippen LogP contribution in [-0.4, -0.2) is 37.0 Å². The lowest BCUT2D eigenvalue weighted by Crippen LogP contribution is -2.12. The van der Waals surface area contributed by atoms with Gasteiger partial charge in [-0.05, 0) is 24.4 Å². The molecule has 0 saturated carbocycles. The van der Waals surface area contributed by atoms with Gasteiger partial charge in [0.2, 0.25) is 0 Å². The third kappa shape index (κ3) is 1.73. The summed E-state index contributed by atoms with van der Waals surface area (Å²) < 4.78 is 3.44. The molecule has 0 fully saturated rings. The second-order valence-corrected chi connectivity index (χ2v) is 3.31. The molecular weight excluding hydrogens is 194 g/mol. The molecule has 0 unspecified atom stereocenters. The van der Waals surface area contributed by atoms with E-state index >= 15 is 0 Å². The Morgan fingerprint density at radius 2 is 2.27 bits per heavy atom. The van der Waals surface area contributed by atoms with Gasteiger partial charge in [-0.3, -0.25) is 4.68 Å². The molecule has 0 atom stereocenters. The number of nitrogens with zero attached hydrogens (tertiary/aromatic N) is 6. The molecule has 2 heterocycles. The van der Waals surface area contributed by atoms with Gasteiger partial charge in [-0.25, -0.2) is 0 Å². The summed E-state index contributed by atoms with van der Waals surface area (Å²) in [5.74, 6) is 0.772. The maximum atomic E-state index is 4.25. The van der Waals surface area contributed by atoms with E-state index in [9.17, 15) is 0 Å². The van der Waals surface area contributed by atoms with E-state index in [0.717, 1.165) is 17.2 Å². The Hall–Kier alpha value is -1.76. The Morgan fingerprint density at radius 3 is 2.87 bits per heavy atom. The van der Waals surface area contributed by atoms with Gasteiger partial charge in [0, 0.05) is 7.05 Å². The van der Waals surface area contributed by atoms with Crippen molar-refractivity contribution in [2.75, 3.05) is 7.05 Å². The number of hydrogen-bond acceptors (Lipinski definition) is 5. The molecule has 2 aromatic heterocycles. The van der Waals surface area contributed by atoms with Crippen LogP contribution in [0, 0.1) is 6.92 Å². The molecule has 7 nitrogen and oxygen atoms in total. The van der Waals surface area contributed by atoms with Crippen LogP contribution in [0.5, 0.6) is 0 Å². The zero-order valence-electron chi connectivity index (χ0n) is 8.97. The van der Waals surface area contributed by atoms with E-state index in [1.54, 1.807) is 9.36 Å². The third-order valence-electron chi connectivity index (χ3n) is 2.08. The van der Waals surface area contributed by atoms with Gasteiger partial charge in [-0.2, -0.15) is 9.78 Å². The van der Waals surface area contributed by atoms with Crippen molar-refractivity contribution in [2.45, 2.75) is 13.5 Å². The number of aromatic nitrogens is 6. The standard InChI is InChI=1S/C8H13N7/c1-6-7(5-14(3)11-6)15-8(4-9-2)10-12-13-15/h5,9H,4H2,1-3H3. The fourth-order valence-corrected chi connectivity index (χ4v) is 1.46. The Kier molecular flexibility index (Phi) is 2.46. The van der Waals surface area contributed by atoms with E-state index in [0.29, 0.717) is 6.54 Å². The largest absolute Gasteiger partial charge is 0.313 e. The number of nitrogens with one attached hydrogen (secondary N) is 1. The SMILES string of the molecule is CNCc1nnnn1-c1cn(C)nc1C. The maximum Gasteiger partial charge on any atom is 0.170 e. The molecule has 15 heavy (non-hydrogen) atoms. The van der Waals surface area contributed by atoms with Gasteiger partial charge in [0.15, 0.2) is 5.82 Å². The Labute approximate surface area is 87.1 Å². The minimum absolute atomic E-state index is 0.626. The summed E-state index contributed by atoms with van der Waals surface area (Å²) in [6.07, 6.45) is 1.89. The summed E-state index contributed by atoms with van der Waals surface area (Å²) in [4.78, 5) is 0. The monoisotopic (exact) mass is 207 g/mol. The van der Waals surface area contributed by atoms with E-state index < -0.39 is 0 Å². The normalized spacial score (nSPS) is 10.9. The van der Waals surface area contributed by atoms with Crippen molar-refractivity contribution >= 4 is 0 Å². The van der Waals surface area contributed by atoms with Crippen molar-refractivity contribution in [1.29, 1.82) is 0 Å². The van der Waals surface area contributed by atoms with Gasteiger partial charge in [-0.1, -0.05) is 0 Å². The highest BCUT2D eigenvalue weighted by molar-refractivity contribution is 5.32. The average Bonchev–Trinajstić information content (AvgIpc) is 2.73. The van der Waals surface area contributed by atoms with Gasteiger partial charge < -0.3 is 5.32 Å². The molecule has 0 bridgehead atoms. The summed E-state index contributed by atoms with van der Waals surface area (Å²) in [7, 11) is 3.73. The van der Waals surface area contributed by atoms with E-state index in [1.165, 1.54) is 0 Å². The van der Waals surface area contributed by atoms with Gasteiger partial charge in [0.25, 0.3) is 0 Å². The molecule has 0 amide bonds. The molecule has 80 valence electrons. The molecule has 1 N–H and O–H groups in total. The number of hydrogen-bond donors (Lipinski definition) is 1. The maximum absolute atomic E-state index is 4.25. The van der Waals surface area contributed by atoms with E-state index in [1.807, 2.05) is 27.2 Å². The predicted octanol–water partition coefficient (Wildman–Crippen LogP) is -0.576. The first-order valence-electron chi connectivity index (χ1n) is 4.65. The second-order valence-electron chi connectivity index (χ2n) is 3.31. The lowest BCUT2D eigenvalue weighted by atomic mass is 10.4. The molecule has 0 aromatic carbocycles. The fraction of sp³-hybridized carbons (Fsp3) is 0.500. The van der Waals surface area contributed by atoms with Crippen LogP contribution in [0.3, 0.4) is 0 Å². The summed E-state index contributed by atoms with van der Waals surface area (Å²) >= 11 is 0. The van der Waals surface area contributed by atoms with Crippen LogP contribution in [0.2, 0.25) is 0 Å². The average molecular weight is 207 g/mol. The fourth-order valence-electron chi connectivity index (χ4n) is 1.46. The Morgan fingerprint density at radius 1 is 1.47 bits per heavy atom. The van der Waals surface area contributed by atoms with Crippen molar-refractivity contribution in [1.82, 2.24) is 35.3 Å². The lowest BCUT2D eigenvalue weighted by molar-refractivity contribution is 0.706. The minimum Gasteiger partial charge on any atom is -0.313 e. The first-order valence-corrected chi connectivity index (χ1v) is 4.65. The van der Waals surface area contributed by atoms with Crippen LogP contribution in [0.4, 0.5) is 0 Å². The second kappa shape index (κ2) is 3.77. The van der Waals surface area contributed by atoms with Crippen LogP contribution in [0.15, 0.2) is 6.20 Å². The number of aryl methyl sites for hydroxylation is 2. The van der Waals surface area contributed by atoms with Crippen molar-refractivity contribution in [2.24, 2.45) is 7.05 Å². The van der Waals surface area contributed by atoms with Crippen molar-refractivity contribution in [3.63, 3.8) is 0 Å². The molecule has 0 aliphatic rings. The third-order valence-corrected chi connectivity index (χ3v) is 2.08. The van der Waals surface area contributed by atoms with Crippen LogP contribution < -0.4 is 5.32 Å². The van der Waals surface area contributed by atoms with Gasteiger partial charge >= 0.3 is 0 Å². The summed E-state index contributed by atoms with van der Waals surface area (Å²) in [6.45, 7) is 2.56. The summed E-state index contributed by atoms with van der Waals surface area (Å²) in [5, 5.41) is 18.8. The number of tetrazole rings is 1. The minimum atomic E-state index is 0.626. The van der Waals surface area contributed by atoms with Gasteiger partial charge in [0.1, 0.15) is 5.69 Å². The van der Waals surface area contributed by atoms with E-state index in [2.05, 4.69) is 25.9 Å². The van der Waals surface area contributed by atoms with Crippen molar-refractivity contribution < 1.29 is 0 Å². The van der Waals surface area contributed by atoms with Crippen LogP contribution in [-0.2, 0) is 13.6 Å². The first-order chi connectivity index (χ1) is 7.22. The summed E-state index contributed by atoms with van der Waals surface area (Å²) in [5.41, 5.74) is 1.81. The van der Waals surface area contributed by atoms with Gasteiger partial charge in [0.05, 0.1) is 18.4 Å².